The molecule has 11 rings (SSSR count). The average molecular weight is 706 g/mol. The number of nitrogens with zero attached hydrogens (tertiary/aromatic N) is 7. The van der Waals surface area contributed by atoms with Crippen molar-refractivity contribution in [2.45, 2.75) is 13.8 Å². The van der Waals surface area contributed by atoms with Crippen LogP contribution in [0.25, 0.3) is 94.4 Å². The summed E-state index contributed by atoms with van der Waals surface area (Å²) in [4.78, 5) is 16.0. The van der Waals surface area contributed by atoms with Gasteiger partial charge in [-0.05, 0) is 80.6 Å². The van der Waals surface area contributed by atoms with Crippen LogP contribution in [0.3, 0.4) is 0 Å². The minimum atomic E-state index is 0.463. The van der Waals surface area contributed by atoms with Crippen LogP contribution in [0.2, 0.25) is 0 Å². The molecule has 7 nitrogen and oxygen atoms in total. The molecule has 0 amide bonds. The van der Waals surface area contributed by atoms with Crippen LogP contribution in [0.5, 0.6) is 0 Å². The zero-order valence-corrected chi connectivity index (χ0v) is 30.1. The second kappa shape index (κ2) is 11.7. The van der Waals surface area contributed by atoms with Gasteiger partial charge in [-0.3, -0.25) is 9.13 Å². The smallest absolute Gasteiger partial charge is 0.240 e. The van der Waals surface area contributed by atoms with Crippen LogP contribution >= 0.6 is 0 Å². The summed E-state index contributed by atoms with van der Waals surface area (Å²) >= 11 is 0. The monoisotopic (exact) mass is 705 g/mol. The number of hydrogen-bond acceptors (Lipinski definition) is 4. The van der Waals surface area contributed by atoms with Crippen molar-refractivity contribution in [2.75, 3.05) is 0 Å². The van der Waals surface area contributed by atoms with Gasteiger partial charge in [0.25, 0.3) is 0 Å². The predicted octanol–water partition coefficient (Wildman–Crippen LogP) is 11.3. The fraction of sp³-hybridized carbons (Fsp3) is 0.0417. The van der Waals surface area contributed by atoms with Crippen molar-refractivity contribution in [3.8, 4) is 35.0 Å². The summed E-state index contributed by atoms with van der Waals surface area (Å²) in [6, 6.07) is 54.9. The minimum absolute atomic E-state index is 0.463. The average Bonchev–Trinajstić information content (AvgIpc) is 3.86. The zero-order valence-electron chi connectivity index (χ0n) is 30.1. The SMILES string of the molecule is Cc1ccc2c(c1)c1cc(C)ccc1n2-c1ccc(C#N)cc1-c1nc(-n2c3ccccc3c3ccccc32)nc(-n2c3ccccc3c3ccccc32)n1. The van der Waals surface area contributed by atoms with Crippen molar-refractivity contribution in [1.29, 1.82) is 5.26 Å². The molecular weight excluding hydrogens is 675 g/mol. The molecule has 55 heavy (non-hydrogen) atoms. The molecule has 0 bridgehead atoms. The molecule has 0 aliphatic rings. The van der Waals surface area contributed by atoms with E-state index in [-0.39, 0.29) is 0 Å². The summed E-state index contributed by atoms with van der Waals surface area (Å²) in [6.07, 6.45) is 0. The maximum atomic E-state index is 10.3. The van der Waals surface area contributed by atoms with Crippen LogP contribution in [-0.4, -0.2) is 28.7 Å². The van der Waals surface area contributed by atoms with E-state index in [1.165, 1.54) is 21.9 Å². The molecule has 0 aliphatic heterocycles. The van der Waals surface area contributed by atoms with Gasteiger partial charge in [-0.1, -0.05) is 96.1 Å². The minimum Gasteiger partial charge on any atom is -0.308 e. The number of para-hydroxylation sites is 4. The van der Waals surface area contributed by atoms with Gasteiger partial charge in [-0.15, -0.1) is 0 Å². The second-order valence-corrected chi connectivity index (χ2v) is 14.2. The van der Waals surface area contributed by atoms with Gasteiger partial charge in [-0.25, -0.2) is 0 Å². The molecule has 0 aliphatic carbocycles. The summed E-state index contributed by atoms with van der Waals surface area (Å²) in [5, 5.41) is 17.1. The predicted molar refractivity (Wildman–Crippen MR) is 222 cm³/mol. The highest BCUT2D eigenvalue weighted by molar-refractivity contribution is 6.11. The highest BCUT2D eigenvalue weighted by Gasteiger charge is 2.23. The summed E-state index contributed by atoms with van der Waals surface area (Å²) in [7, 11) is 0. The largest absolute Gasteiger partial charge is 0.308 e. The number of nitriles is 1. The van der Waals surface area contributed by atoms with Crippen molar-refractivity contribution >= 4 is 65.4 Å². The first-order valence-corrected chi connectivity index (χ1v) is 18.4. The third kappa shape index (κ3) is 4.58. The Hall–Kier alpha value is -7.56. The molecule has 0 saturated carbocycles. The molecule has 0 N–H and O–H groups in total. The number of benzene rings is 7. The van der Waals surface area contributed by atoms with Gasteiger partial charge in [-0.2, -0.15) is 20.2 Å². The Labute approximate surface area is 315 Å². The highest BCUT2D eigenvalue weighted by atomic mass is 15.3. The number of fused-ring (bicyclic) bond motifs is 9. The molecule has 7 aromatic carbocycles. The van der Waals surface area contributed by atoms with Crippen molar-refractivity contribution in [1.82, 2.24) is 28.7 Å². The lowest BCUT2D eigenvalue weighted by atomic mass is 10.1. The van der Waals surface area contributed by atoms with Gasteiger partial charge in [0.05, 0.1) is 50.4 Å². The first-order valence-electron chi connectivity index (χ1n) is 18.4. The third-order valence-corrected chi connectivity index (χ3v) is 10.9. The lowest BCUT2D eigenvalue weighted by Crippen LogP contribution is -2.11. The van der Waals surface area contributed by atoms with E-state index in [4.69, 9.17) is 15.0 Å². The Balaban J connectivity index is 1.28. The van der Waals surface area contributed by atoms with Crippen molar-refractivity contribution < 1.29 is 0 Å². The van der Waals surface area contributed by atoms with Crippen LogP contribution in [0.1, 0.15) is 16.7 Å². The number of hydrogen-bond donors (Lipinski definition) is 0. The molecule has 0 atom stereocenters. The van der Waals surface area contributed by atoms with Gasteiger partial charge in [0.2, 0.25) is 11.9 Å². The van der Waals surface area contributed by atoms with Gasteiger partial charge in [0.15, 0.2) is 5.82 Å². The summed E-state index contributed by atoms with van der Waals surface area (Å²) in [6.45, 7) is 4.26. The van der Waals surface area contributed by atoms with Gasteiger partial charge >= 0.3 is 0 Å². The quantitative estimate of drug-likeness (QED) is 0.183. The summed E-state index contributed by atoms with van der Waals surface area (Å²) < 4.78 is 6.55. The summed E-state index contributed by atoms with van der Waals surface area (Å²) in [5.41, 5.74) is 10.6. The zero-order chi connectivity index (χ0) is 36.8. The van der Waals surface area contributed by atoms with E-state index in [2.05, 4.69) is 143 Å². The molecule has 7 heteroatoms. The fourth-order valence-electron chi connectivity index (χ4n) is 8.44. The Morgan fingerprint density at radius 3 is 1.27 bits per heavy atom. The van der Waals surface area contributed by atoms with E-state index >= 15 is 0 Å². The first-order chi connectivity index (χ1) is 27.1. The molecule has 0 fully saturated rings. The first kappa shape index (κ1) is 31.0. The maximum Gasteiger partial charge on any atom is 0.240 e. The lowest BCUT2D eigenvalue weighted by Gasteiger charge is -2.16. The number of aryl methyl sites for hydroxylation is 2. The third-order valence-electron chi connectivity index (χ3n) is 10.9. The Morgan fingerprint density at radius 2 is 0.836 bits per heavy atom. The van der Waals surface area contributed by atoms with E-state index in [0.717, 1.165) is 65.9 Å². The van der Waals surface area contributed by atoms with E-state index in [0.29, 0.717) is 23.3 Å². The maximum absolute atomic E-state index is 10.3. The van der Waals surface area contributed by atoms with Gasteiger partial charge in [0.1, 0.15) is 0 Å². The molecule has 258 valence electrons. The standard InChI is InChI=1S/C48H31N7/c1-29-19-22-43-36(25-29)37-26-30(2)20-23-44(37)53(43)45-24-21-31(28-49)27-38(45)46-50-47(54-39-15-7-3-11-32(39)33-12-4-8-16-40(33)54)52-48(51-46)55-41-17-9-5-13-34(41)35-14-6-10-18-42(35)55/h3-27H,1-2H3. The Kier molecular flexibility index (Phi) is 6.61. The second-order valence-electron chi connectivity index (χ2n) is 14.2. The lowest BCUT2D eigenvalue weighted by molar-refractivity contribution is 0.892. The van der Waals surface area contributed by atoms with E-state index in [1.54, 1.807) is 0 Å². The van der Waals surface area contributed by atoms with Crippen molar-refractivity contribution in [2.24, 2.45) is 0 Å². The molecule has 0 saturated heterocycles. The van der Waals surface area contributed by atoms with Crippen LogP contribution < -0.4 is 0 Å². The fourth-order valence-corrected chi connectivity index (χ4v) is 8.44. The molecule has 0 unspecified atom stereocenters. The van der Waals surface area contributed by atoms with Gasteiger partial charge < -0.3 is 4.57 Å². The topological polar surface area (TPSA) is 77.2 Å². The normalized spacial score (nSPS) is 11.8. The van der Waals surface area contributed by atoms with Crippen LogP contribution in [-0.2, 0) is 0 Å². The van der Waals surface area contributed by atoms with Crippen LogP contribution in [0.15, 0.2) is 152 Å². The van der Waals surface area contributed by atoms with E-state index < -0.39 is 0 Å². The number of aromatic nitrogens is 6. The van der Waals surface area contributed by atoms with E-state index in [9.17, 15) is 5.26 Å². The van der Waals surface area contributed by atoms with Crippen molar-refractivity contribution in [3.63, 3.8) is 0 Å². The Bertz CT molecular complexity index is 3130. The molecule has 4 aromatic heterocycles. The van der Waals surface area contributed by atoms with Crippen LogP contribution in [0.4, 0.5) is 0 Å². The van der Waals surface area contributed by atoms with Gasteiger partial charge in [0, 0.05) is 37.9 Å². The van der Waals surface area contributed by atoms with Crippen LogP contribution in [0, 0.1) is 25.2 Å². The molecule has 11 aromatic rings. The summed E-state index contributed by atoms with van der Waals surface area (Å²) in [5.74, 6) is 1.44. The highest BCUT2D eigenvalue weighted by Crippen LogP contribution is 2.39. The Morgan fingerprint density at radius 1 is 0.418 bits per heavy atom. The number of rotatable bonds is 4. The van der Waals surface area contributed by atoms with E-state index in [1.807, 2.05) is 42.5 Å². The molecule has 0 radical (unpaired) electrons. The van der Waals surface area contributed by atoms with Crippen molar-refractivity contribution in [3.05, 3.63) is 168 Å². The molecule has 4 heterocycles. The molecular formula is C48H31N7. The molecule has 0 spiro atoms.